The molecule has 3 unspecified atom stereocenters. The van der Waals surface area contributed by atoms with Gasteiger partial charge in [-0.1, -0.05) is 12.2 Å². The van der Waals surface area contributed by atoms with E-state index in [0.29, 0.717) is 11.5 Å². The highest BCUT2D eigenvalue weighted by Crippen LogP contribution is 2.35. The van der Waals surface area contributed by atoms with Crippen LogP contribution in [0, 0.1) is 0 Å². The Kier molecular flexibility index (Phi) is 2.91. The van der Waals surface area contributed by atoms with E-state index in [9.17, 15) is 4.79 Å². The van der Waals surface area contributed by atoms with Gasteiger partial charge in [0.15, 0.2) is 11.5 Å². The largest absolute Gasteiger partial charge is 0.493 e. The van der Waals surface area contributed by atoms with Crippen molar-refractivity contribution in [1.82, 2.24) is 0 Å². The normalized spacial score (nSPS) is 27.5. The van der Waals surface area contributed by atoms with Gasteiger partial charge in [0.05, 0.1) is 18.8 Å². The maximum absolute atomic E-state index is 11.0. The summed E-state index contributed by atoms with van der Waals surface area (Å²) in [5.74, 6) is -0.0229. The second-order valence-corrected chi connectivity index (χ2v) is 4.59. The predicted molar refractivity (Wildman–Crippen MR) is 66.8 cm³/mol. The third-order valence-electron chi connectivity index (χ3n) is 3.37. The Morgan fingerprint density at radius 2 is 2.21 bits per heavy atom. The molecule has 1 aromatic rings. The molecule has 5 nitrogen and oxygen atoms in total. The Bertz CT molecular complexity index is 537. The molecule has 0 radical (unpaired) electrons. The Labute approximate surface area is 110 Å². The number of methoxy groups -OCH3 is 1. The second kappa shape index (κ2) is 4.59. The van der Waals surface area contributed by atoms with Gasteiger partial charge in [0.2, 0.25) is 0 Å². The molecule has 5 heteroatoms. The average Bonchev–Trinajstić information content (AvgIpc) is 3.01. The second-order valence-electron chi connectivity index (χ2n) is 4.59. The van der Waals surface area contributed by atoms with Gasteiger partial charge in [-0.25, -0.2) is 4.79 Å². The zero-order valence-corrected chi connectivity index (χ0v) is 10.4. The van der Waals surface area contributed by atoms with Crippen molar-refractivity contribution in [1.29, 1.82) is 0 Å². The lowest BCUT2D eigenvalue weighted by Gasteiger charge is -2.19. The van der Waals surface area contributed by atoms with E-state index in [2.05, 4.69) is 0 Å². The van der Waals surface area contributed by atoms with Crippen molar-refractivity contribution in [2.24, 2.45) is 0 Å². The van der Waals surface area contributed by atoms with Crippen molar-refractivity contribution in [2.45, 2.75) is 24.7 Å². The molecule has 2 aliphatic rings. The van der Waals surface area contributed by atoms with Crippen LogP contribution in [-0.2, 0) is 4.74 Å². The van der Waals surface area contributed by atoms with E-state index in [1.807, 2.05) is 12.2 Å². The first-order valence-electron chi connectivity index (χ1n) is 6.09. The minimum absolute atomic E-state index is 0.0526. The first-order valence-corrected chi connectivity index (χ1v) is 6.09. The van der Waals surface area contributed by atoms with Gasteiger partial charge in [0, 0.05) is 6.42 Å². The van der Waals surface area contributed by atoms with Crippen molar-refractivity contribution in [2.75, 3.05) is 7.11 Å². The highest BCUT2D eigenvalue weighted by Gasteiger charge is 2.38. The molecule has 2 bridgehead atoms. The van der Waals surface area contributed by atoms with E-state index >= 15 is 0 Å². The number of fused-ring (bicyclic) bond motifs is 2. The van der Waals surface area contributed by atoms with Crippen LogP contribution in [0.15, 0.2) is 30.4 Å². The van der Waals surface area contributed by atoms with Crippen molar-refractivity contribution in [3.8, 4) is 11.5 Å². The Balaban J connectivity index is 1.84. The van der Waals surface area contributed by atoms with Gasteiger partial charge < -0.3 is 19.3 Å². The smallest absolute Gasteiger partial charge is 0.335 e. The number of hydrogen-bond acceptors (Lipinski definition) is 4. The number of hydrogen-bond donors (Lipinski definition) is 1. The summed E-state index contributed by atoms with van der Waals surface area (Å²) in [6.07, 6.45) is 4.75. The van der Waals surface area contributed by atoms with E-state index in [1.54, 1.807) is 6.07 Å². The molecule has 2 heterocycles. The van der Waals surface area contributed by atoms with Gasteiger partial charge in [-0.05, 0) is 18.2 Å². The van der Waals surface area contributed by atoms with Crippen LogP contribution < -0.4 is 9.47 Å². The number of aromatic carboxylic acids is 1. The monoisotopic (exact) mass is 262 g/mol. The molecule has 3 rings (SSSR count). The summed E-state index contributed by atoms with van der Waals surface area (Å²) in [6.45, 7) is 0. The first-order chi connectivity index (χ1) is 9.17. The molecular weight excluding hydrogens is 248 g/mol. The zero-order chi connectivity index (χ0) is 13.4. The third-order valence-corrected chi connectivity index (χ3v) is 3.37. The molecule has 0 aliphatic carbocycles. The lowest BCUT2D eigenvalue weighted by Crippen LogP contribution is -2.26. The number of carbonyl (C=O) groups is 1. The number of carboxylic acid groups (broad SMARTS) is 1. The van der Waals surface area contributed by atoms with E-state index in [0.717, 1.165) is 6.42 Å². The molecule has 19 heavy (non-hydrogen) atoms. The molecule has 0 aromatic heterocycles. The average molecular weight is 262 g/mol. The van der Waals surface area contributed by atoms with Crippen LogP contribution in [0.5, 0.6) is 11.5 Å². The lowest BCUT2D eigenvalue weighted by molar-refractivity contribution is 0.0693. The van der Waals surface area contributed by atoms with Crippen LogP contribution in [0.4, 0.5) is 0 Å². The molecular formula is C14H14O5. The maximum atomic E-state index is 11.0. The standard InChI is InChI=1S/C14H14O5/c1-17-10-4-2-8(14(15)16)6-12(10)19-13-7-9-3-5-11(13)18-9/h2-6,9,11,13H,7H2,1H3,(H,15,16). The number of benzene rings is 1. The van der Waals surface area contributed by atoms with Crippen LogP contribution in [-0.4, -0.2) is 36.5 Å². The topological polar surface area (TPSA) is 65.0 Å². The summed E-state index contributed by atoms with van der Waals surface area (Å²) < 4.78 is 16.7. The molecule has 3 atom stereocenters. The van der Waals surface area contributed by atoms with Crippen LogP contribution >= 0.6 is 0 Å². The van der Waals surface area contributed by atoms with Gasteiger partial charge in [0.1, 0.15) is 12.2 Å². The predicted octanol–water partition coefficient (Wildman–Crippen LogP) is 1.87. The Hall–Kier alpha value is -2.01. The highest BCUT2D eigenvalue weighted by molar-refractivity contribution is 5.88. The number of ether oxygens (including phenoxy) is 3. The summed E-state index contributed by atoms with van der Waals surface area (Å²) >= 11 is 0. The molecule has 1 fully saturated rings. The van der Waals surface area contributed by atoms with Gasteiger partial charge >= 0.3 is 5.97 Å². The molecule has 0 amide bonds. The third kappa shape index (κ3) is 2.17. The van der Waals surface area contributed by atoms with Gasteiger partial charge in [-0.3, -0.25) is 0 Å². The van der Waals surface area contributed by atoms with Crippen molar-refractivity contribution in [3.05, 3.63) is 35.9 Å². The fraction of sp³-hybridized carbons (Fsp3) is 0.357. The van der Waals surface area contributed by atoms with Crippen molar-refractivity contribution < 1.29 is 24.1 Å². The minimum atomic E-state index is -0.989. The summed E-state index contributed by atoms with van der Waals surface area (Å²) in [7, 11) is 1.53. The maximum Gasteiger partial charge on any atom is 0.335 e. The van der Waals surface area contributed by atoms with E-state index in [-0.39, 0.29) is 23.9 Å². The Morgan fingerprint density at radius 3 is 2.79 bits per heavy atom. The van der Waals surface area contributed by atoms with Crippen LogP contribution in [0.3, 0.4) is 0 Å². The summed E-state index contributed by atoms with van der Waals surface area (Å²) in [4.78, 5) is 11.0. The van der Waals surface area contributed by atoms with Crippen LogP contribution in [0.1, 0.15) is 16.8 Å². The van der Waals surface area contributed by atoms with Crippen LogP contribution in [0.25, 0.3) is 0 Å². The summed E-state index contributed by atoms with van der Waals surface area (Å²) in [5, 5.41) is 9.01. The lowest BCUT2D eigenvalue weighted by atomic mass is 10.0. The highest BCUT2D eigenvalue weighted by atomic mass is 16.6. The summed E-state index contributed by atoms with van der Waals surface area (Å²) in [5.41, 5.74) is 0.176. The Morgan fingerprint density at radius 1 is 1.37 bits per heavy atom. The molecule has 100 valence electrons. The molecule has 0 spiro atoms. The van der Waals surface area contributed by atoms with Gasteiger partial charge in [-0.2, -0.15) is 0 Å². The van der Waals surface area contributed by atoms with E-state index in [1.165, 1.54) is 19.2 Å². The van der Waals surface area contributed by atoms with Crippen molar-refractivity contribution >= 4 is 5.97 Å². The molecule has 2 aliphatic heterocycles. The van der Waals surface area contributed by atoms with Crippen LogP contribution in [0.2, 0.25) is 0 Å². The molecule has 1 N–H and O–H groups in total. The quantitative estimate of drug-likeness (QED) is 0.839. The number of carboxylic acids is 1. The zero-order valence-electron chi connectivity index (χ0n) is 10.4. The molecule has 1 saturated heterocycles. The molecule has 0 saturated carbocycles. The minimum Gasteiger partial charge on any atom is -0.493 e. The van der Waals surface area contributed by atoms with Crippen molar-refractivity contribution in [3.63, 3.8) is 0 Å². The first kappa shape index (κ1) is 12.0. The van der Waals surface area contributed by atoms with Gasteiger partial charge in [0.25, 0.3) is 0 Å². The summed E-state index contributed by atoms with van der Waals surface area (Å²) in [6, 6.07) is 4.57. The van der Waals surface area contributed by atoms with Gasteiger partial charge in [-0.15, -0.1) is 0 Å². The SMILES string of the molecule is COc1ccc(C(=O)O)cc1OC1CC2C=CC1O2. The van der Waals surface area contributed by atoms with E-state index in [4.69, 9.17) is 19.3 Å². The number of rotatable bonds is 4. The molecule has 1 aromatic carbocycles. The fourth-order valence-corrected chi connectivity index (χ4v) is 2.41. The van der Waals surface area contributed by atoms with E-state index < -0.39 is 5.97 Å². The fourth-order valence-electron chi connectivity index (χ4n) is 2.41.